The van der Waals surface area contributed by atoms with Gasteiger partial charge in [0, 0.05) is 10.6 Å². The van der Waals surface area contributed by atoms with Crippen molar-refractivity contribution in [2.24, 2.45) is 0 Å². The van der Waals surface area contributed by atoms with Crippen LogP contribution in [0.5, 0.6) is 0 Å². The van der Waals surface area contributed by atoms with Gasteiger partial charge in [0.25, 0.3) is 5.91 Å². The topological polar surface area (TPSA) is 75.4 Å². The molecule has 0 bridgehead atoms. The summed E-state index contributed by atoms with van der Waals surface area (Å²) in [6.45, 7) is 1.63. The molecule has 27 heavy (non-hydrogen) atoms. The molecule has 0 saturated carbocycles. The van der Waals surface area contributed by atoms with Gasteiger partial charge in [-0.2, -0.15) is 0 Å². The van der Waals surface area contributed by atoms with Crippen molar-refractivity contribution in [3.63, 3.8) is 0 Å². The van der Waals surface area contributed by atoms with E-state index in [-0.39, 0.29) is 18.3 Å². The lowest BCUT2D eigenvalue weighted by Gasteiger charge is -2.22. The number of imide groups is 1. The Kier molecular flexibility index (Phi) is 4.20. The Morgan fingerprint density at radius 2 is 1.81 bits per heavy atom. The Morgan fingerprint density at radius 1 is 1.11 bits per heavy atom. The van der Waals surface area contributed by atoms with Crippen LogP contribution in [-0.2, 0) is 16.9 Å². The standard InChI is InChI=1S/C20H16ClN3O3/c1-20(14-7-9-15(21)10-8-14)18(25)24(19(26)23-20)12-17-22-11-16(27-17)13-5-3-2-4-6-13/h2-11H,12H2,1H3,(H,23,26). The number of oxazole rings is 1. The molecular weight excluding hydrogens is 366 g/mol. The molecule has 1 fully saturated rings. The fourth-order valence-corrected chi connectivity index (χ4v) is 3.20. The number of hydrogen-bond donors (Lipinski definition) is 1. The summed E-state index contributed by atoms with van der Waals surface area (Å²) in [5, 5.41) is 3.31. The van der Waals surface area contributed by atoms with Crippen molar-refractivity contribution in [3.05, 3.63) is 77.3 Å². The summed E-state index contributed by atoms with van der Waals surface area (Å²) in [7, 11) is 0. The van der Waals surface area contributed by atoms with Gasteiger partial charge >= 0.3 is 6.03 Å². The molecule has 0 spiro atoms. The summed E-state index contributed by atoms with van der Waals surface area (Å²) in [5.41, 5.74) is 0.376. The van der Waals surface area contributed by atoms with Crippen molar-refractivity contribution < 1.29 is 14.0 Å². The average molecular weight is 382 g/mol. The van der Waals surface area contributed by atoms with Gasteiger partial charge in [-0.15, -0.1) is 0 Å². The van der Waals surface area contributed by atoms with Crippen LogP contribution in [0.15, 0.2) is 65.2 Å². The quantitative estimate of drug-likeness (QED) is 0.694. The van der Waals surface area contributed by atoms with Crippen LogP contribution < -0.4 is 5.32 Å². The van der Waals surface area contributed by atoms with Crippen molar-refractivity contribution in [1.29, 1.82) is 0 Å². The van der Waals surface area contributed by atoms with Crippen LogP contribution in [0.2, 0.25) is 5.02 Å². The molecular formula is C20H16ClN3O3. The van der Waals surface area contributed by atoms with Crippen molar-refractivity contribution >= 4 is 23.5 Å². The summed E-state index contributed by atoms with van der Waals surface area (Å²) in [6, 6.07) is 15.8. The average Bonchev–Trinajstić information content (AvgIpc) is 3.22. The minimum Gasteiger partial charge on any atom is -0.439 e. The molecule has 1 aromatic heterocycles. The highest BCUT2D eigenvalue weighted by Crippen LogP contribution is 2.31. The first kappa shape index (κ1) is 17.3. The maximum atomic E-state index is 12.9. The van der Waals surface area contributed by atoms with E-state index in [9.17, 15) is 9.59 Å². The summed E-state index contributed by atoms with van der Waals surface area (Å²) in [5.74, 6) is 0.505. The van der Waals surface area contributed by atoms with Gasteiger partial charge in [-0.05, 0) is 24.6 Å². The molecule has 0 radical (unpaired) electrons. The second kappa shape index (κ2) is 6.55. The zero-order valence-corrected chi connectivity index (χ0v) is 15.2. The van der Waals surface area contributed by atoms with E-state index in [0.29, 0.717) is 16.3 Å². The molecule has 3 aromatic rings. The first-order chi connectivity index (χ1) is 13.0. The second-order valence-corrected chi connectivity index (χ2v) is 6.87. The van der Waals surface area contributed by atoms with Gasteiger partial charge in [0.2, 0.25) is 5.89 Å². The lowest BCUT2D eigenvalue weighted by atomic mass is 9.92. The minimum atomic E-state index is -1.16. The highest BCUT2D eigenvalue weighted by Gasteiger charge is 2.49. The number of benzene rings is 2. The molecule has 1 atom stereocenters. The van der Waals surface area contributed by atoms with Gasteiger partial charge in [0.15, 0.2) is 5.76 Å². The number of nitrogens with zero attached hydrogens (tertiary/aromatic N) is 2. The second-order valence-electron chi connectivity index (χ2n) is 6.44. The summed E-state index contributed by atoms with van der Waals surface area (Å²) in [6.07, 6.45) is 1.58. The van der Waals surface area contributed by atoms with E-state index in [2.05, 4.69) is 10.3 Å². The predicted molar refractivity (Wildman–Crippen MR) is 99.8 cm³/mol. The zero-order chi connectivity index (χ0) is 19.0. The van der Waals surface area contributed by atoms with Gasteiger partial charge in [0.05, 0.1) is 6.20 Å². The van der Waals surface area contributed by atoms with Crippen molar-refractivity contribution in [2.45, 2.75) is 19.0 Å². The van der Waals surface area contributed by atoms with Crippen LogP contribution in [-0.4, -0.2) is 21.8 Å². The van der Waals surface area contributed by atoms with Crippen molar-refractivity contribution in [1.82, 2.24) is 15.2 Å². The van der Waals surface area contributed by atoms with Crippen LogP contribution in [0.25, 0.3) is 11.3 Å². The van der Waals surface area contributed by atoms with Crippen molar-refractivity contribution in [2.75, 3.05) is 0 Å². The predicted octanol–water partition coefficient (Wildman–Crippen LogP) is 3.96. The number of carbonyl (C=O) groups excluding carboxylic acids is 2. The van der Waals surface area contributed by atoms with Crippen LogP contribution in [0.1, 0.15) is 18.4 Å². The fourth-order valence-electron chi connectivity index (χ4n) is 3.07. The maximum absolute atomic E-state index is 12.9. The Balaban J connectivity index is 1.56. The first-order valence-electron chi connectivity index (χ1n) is 8.38. The molecule has 0 aliphatic carbocycles. The largest absolute Gasteiger partial charge is 0.439 e. The van der Waals surface area contributed by atoms with Gasteiger partial charge in [-0.1, -0.05) is 54.1 Å². The molecule has 1 N–H and O–H groups in total. The Morgan fingerprint density at radius 3 is 2.52 bits per heavy atom. The molecule has 7 heteroatoms. The molecule has 3 amide bonds. The zero-order valence-electron chi connectivity index (χ0n) is 14.5. The molecule has 2 heterocycles. The van der Waals surface area contributed by atoms with Gasteiger partial charge in [-0.3, -0.25) is 9.69 Å². The normalized spacial score (nSPS) is 19.4. The molecule has 1 unspecified atom stereocenters. The van der Waals surface area contributed by atoms with Gasteiger partial charge in [-0.25, -0.2) is 9.78 Å². The summed E-state index contributed by atoms with van der Waals surface area (Å²) < 4.78 is 5.72. The van der Waals surface area contributed by atoms with E-state index < -0.39 is 11.6 Å². The molecule has 136 valence electrons. The molecule has 1 saturated heterocycles. The highest BCUT2D eigenvalue weighted by atomic mass is 35.5. The molecule has 2 aromatic carbocycles. The maximum Gasteiger partial charge on any atom is 0.325 e. The number of urea groups is 1. The monoisotopic (exact) mass is 381 g/mol. The van der Waals surface area contributed by atoms with E-state index in [1.165, 1.54) is 0 Å². The van der Waals surface area contributed by atoms with E-state index in [4.69, 9.17) is 16.0 Å². The van der Waals surface area contributed by atoms with Gasteiger partial charge in [0.1, 0.15) is 12.1 Å². The Labute approximate surface area is 160 Å². The van der Waals surface area contributed by atoms with E-state index in [1.54, 1.807) is 37.4 Å². The van der Waals surface area contributed by atoms with E-state index in [1.807, 2.05) is 30.3 Å². The lowest BCUT2D eigenvalue weighted by molar-refractivity contribution is -0.131. The third kappa shape index (κ3) is 3.08. The fraction of sp³-hybridized carbons (Fsp3) is 0.150. The number of halogens is 1. The Bertz CT molecular complexity index is 1000. The minimum absolute atomic E-state index is 0.0410. The molecule has 1 aliphatic heterocycles. The van der Waals surface area contributed by atoms with E-state index in [0.717, 1.165) is 10.5 Å². The van der Waals surface area contributed by atoms with Crippen LogP contribution >= 0.6 is 11.6 Å². The first-order valence-corrected chi connectivity index (χ1v) is 8.75. The van der Waals surface area contributed by atoms with Crippen LogP contribution in [0.4, 0.5) is 4.79 Å². The number of aromatic nitrogens is 1. The molecule has 4 rings (SSSR count). The molecule has 1 aliphatic rings. The summed E-state index contributed by atoms with van der Waals surface area (Å²) >= 11 is 5.91. The highest BCUT2D eigenvalue weighted by molar-refractivity contribution is 6.30. The number of nitrogens with one attached hydrogen (secondary N) is 1. The SMILES string of the molecule is CC1(c2ccc(Cl)cc2)NC(=O)N(Cc2ncc(-c3ccccc3)o2)C1=O. The lowest BCUT2D eigenvalue weighted by Crippen LogP contribution is -2.40. The molecule has 6 nitrogen and oxygen atoms in total. The third-order valence-corrected chi connectivity index (χ3v) is 4.85. The summed E-state index contributed by atoms with van der Waals surface area (Å²) in [4.78, 5) is 30.7. The number of rotatable bonds is 4. The number of amides is 3. The Hall–Kier alpha value is -3.12. The van der Waals surface area contributed by atoms with Crippen LogP contribution in [0, 0.1) is 0 Å². The van der Waals surface area contributed by atoms with Gasteiger partial charge < -0.3 is 9.73 Å². The smallest absolute Gasteiger partial charge is 0.325 e. The van der Waals surface area contributed by atoms with Crippen LogP contribution in [0.3, 0.4) is 0 Å². The van der Waals surface area contributed by atoms with Crippen molar-refractivity contribution in [3.8, 4) is 11.3 Å². The number of hydrogen-bond acceptors (Lipinski definition) is 4. The number of carbonyl (C=O) groups is 2. The third-order valence-electron chi connectivity index (χ3n) is 4.60. The van der Waals surface area contributed by atoms with E-state index >= 15 is 0 Å².